The predicted molar refractivity (Wildman–Crippen MR) is 129 cm³/mol. The summed E-state index contributed by atoms with van der Waals surface area (Å²) < 4.78 is 7.05. The first-order valence-corrected chi connectivity index (χ1v) is 14.7. The van der Waals surface area contributed by atoms with Gasteiger partial charge in [0, 0.05) is 23.4 Å². The number of fused-ring (bicyclic) bond motifs is 3. The van der Waals surface area contributed by atoms with Crippen molar-refractivity contribution in [3.05, 3.63) is 12.7 Å². The van der Waals surface area contributed by atoms with Crippen molar-refractivity contribution in [3.8, 4) is 0 Å². The monoisotopic (exact) mass is 452 g/mol. The Balaban J connectivity index is 1.97. The lowest BCUT2D eigenvalue weighted by Crippen LogP contribution is -2.56. The highest BCUT2D eigenvalue weighted by Crippen LogP contribution is 2.72. The summed E-state index contributed by atoms with van der Waals surface area (Å²) >= 11 is 0. The lowest BCUT2D eigenvalue weighted by Gasteiger charge is -2.49. The van der Waals surface area contributed by atoms with Gasteiger partial charge in [-0.05, 0) is 68.0 Å². The van der Waals surface area contributed by atoms with Crippen molar-refractivity contribution < 1.29 is 19.7 Å². The van der Waals surface area contributed by atoms with Gasteiger partial charge in [0.05, 0.1) is 17.8 Å². The molecule has 3 N–H and O–H groups in total. The van der Waals surface area contributed by atoms with Crippen LogP contribution in [0.25, 0.3) is 0 Å². The highest BCUT2D eigenvalue weighted by Gasteiger charge is 2.74. The zero-order chi connectivity index (χ0) is 23.6. The topological polar surface area (TPSA) is 69.9 Å². The van der Waals surface area contributed by atoms with Crippen LogP contribution >= 0.6 is 0 Å². The number of hydrogen-bond acceptors (Lipinski definition) is 4. The third-order valence-corrected chi connectivity index (χ3v) is 16.1. The van der Waals surface area contributed by atoms with E-state index in [0.717, 1.165) is 25.7 Å². The second-order valence-electron chi connectivity index (χ2n) is 12.5. The molecular weight excluding hydrogens is 404 g/mol. The van der Waals surface area contributed by atoms with Gasteiger partial charge >= 0.3 is 0 Å². The normalized spacial score (nSPS) is 40.8. The van der Waals surface area contributed by atoms with Gasteiger partial charge in [-0.3, -0.25) is 0 Å². The predicted octanol–water partition coefficient (Wildman–Crippen LogP) is 5.28. The molecule has 2 bridgehead atoms. The maximum absolute atomic E-state index is 11.9. The van der Waals surface area contributed by atoms with Gasteiger partial charge in [0.2, 0.25) is 0 Å². The third-order valence-electron chi connectivity index (χ3n) is 10.0. The Morgan fingerprint density at radius 3 is 2.00 bits per heavy atom. The molecule has 1 spiro atoms. The molecule has 0 heterocycles. The third kappa shape index (κ3) is 3.36. The van der Waals surface area contributed by atoms with Crippen LogP contribution in [0, 0.1) is 28.6 Å². The molecule has 3 fully saturated rings. The molecule has 0 aromatic carbocycles. The molecule has 31 heavy (non-hydrogen) atoms. The van der Waals surface area contributed by atoms with E-state index in [1.165, 1.54) is 0 Å². The van der Waals surface area contributed by atoms with E-state index in [1.54, 1.807) is 13.8 Å². The molecule has 3 rings (SSSR count). The van der Waals surface area contributed by atoms with Gasteiger partial charge in [0.15, 0.2) is 8.32 Å². The Morgan fingerprint density at radius 1 is 1.03 bits per heavy atom. The van der Waals surface area contributed by atoms with E-state index in [9.17, 15) is 15.3 Å². The van der Waals surface area contributed by atoms with Gasteiger partial charge in [0.1, 0.15) is 0 Å². The molecule has 0 aliphatic heterocycles. The van der Waals surface area contributed by atoms with Crippen molar-refractivity contribution >= 4 is 8.32 Å². The summed E-state index contributed by atoms with van der Waals surface area (Å²) in [6.07, 6.45) is 4.15. The van der Waals surface area contributed by atoms with E-state index in [2.05, 4.69) is 48.1 Å². The van der Waals surface area contributed by atoms with Crippen LogP contribution in [0.3, 0.4) is 0 Å². The molecule has 5 heteroatoms. The van der Waals surface area contributed by atoms with Crippen molar-refractivity contribution in [2.24, 2.45) is 28.6 Å². The van der Waals surface area contributed by atoms with Crippen molar-refractivity contribution in [2.45, 2.75) is 116 Å². The molecule has 180 valence electrons. The second kappa shape index (κ2) is 8.23. The van der Waals surface area contributed by atoms with Crippen LogP contribution in [-0.4, -0.2) is 48.1 Å². The molecule has 7 atom stereocenters. The summed E-state index contributed by atoms with van der Waals surface area (Å²) in [5.74, 6) is 0.149. The lowest BCUT2D eigenvalue weighted by molar-refractivity contribution is -0.142. The molecular formula is C26H48O4Si. The smallest absolute Gasteiger partial charge is 0.200 e. The van der Waals surface area contributed by atoms with Gasteiger partial charge < -0.3 is 19.7 Å². The second-order valence-corrected chi connectivity index (χ2v) is 18.0. The largest absolute Gasteiger partial charge is 0.415 e. The summed E-state index contributed by atoms with van der Waals surface area (Å²) in [6.45, 7) is 22.1. The minimum Gasteiger partial charge on any atom is -0.415 e. The van der Waals surface area contributed by atoms with Gasteiger partial charge in [-0.15, -0.1) is 6.58 Å². The summed E-state index contributed by atoms with van der Waals surface area (Å²) in [5, 5.41) is 34.1. The minimum absolute atomic E-state index is 0.149. The first-order valence-electron chi connectivity index (χ1n) is 12.6. The van der Waals surface area contributed by atoms with Crippen molar-refractivity contribution in [3.63, 3.8) is 0 Å². The zero-order valence-electron chi connectivity index (χ0n) is 21.2. The van der Waals surface area contributed by atoms with E-state index in [-0.39, 0.29) is 23.2 Å². The first-order chi connectivity index (χ1) is 14.2. The van der Waals surface area contributed by atoms with Crippen LogP contribution in [0.5, 0.6) is 0 Å². The van der Waals surface area contributed by atoms with Crippen LogP contribution in [0.1, 0.15) is 81.1 Å². The van der Waals surface area contributed by atoms with Crippen LogP contribution in [0.2, 0.25) is 16.6 Å². The summed E-state index contributed by atoms with van der Waals surface area (Å²) in [4.78, 5) is 0. The summed E-state index contributed by atoms with van der Waals surface area (Å²) in [5.41, 5.74) is -0.402. The number of hydrogen-bond donors (Lipinski definition) is 3. The standard InChI is InChI=1S/C26H48O4Si/c1-10-19-20-11-13-25(19,15-30-31(16(2)3,17(4)5)18(6)7)23(28)26(20)14-12-21(22(26)27)24(8,9)29/h10,16-23,27-29H,1,11-15H2,2-9H3/t19-,20+,21-,22-,23-,25+,26-/m0/s1. The molecule has 0 radical (unpaired) electrons. The molecule has 3 aliphatic carbocycles. The van der Waals surface area contributed by atoms with Crippen LogP contribution in [0.4, 0.5) is 0 Å². The Kier molecular flexibility index (Phi) is 6.75. The van der Waals surface area contributed by atoms with E-state index in [1.807, 2.05) is 6.08 Å². The molecule has 0 aromatic heterocycles. The van der Waals surface area contributed by atoms with Crippen molar-refractivity contribution in [1.82, 2.24) is 0 Å². The number of allylic oxidation sites excluding steroid dienone is 1. The van der Waals surface area contributed by atoms with Gasteiger partial charge in [-0.25, -0.2) is 0 Å². The summed E-state index contributed by atoms with van der Waals surface area (Å²) in [6, 6.07) is 0. The fraction of sp³-hybridized carbons (Fsp3) is 0.923. The fourth-order valence-corrected chi connectivity index (χ4v) is 14.3. The Hall–Kier alpha value is -0.203. The van der Waals surface area contributed by atoms with Gasteiger partial charge in [-0.1, -0.05) is 47.6 Å². The molecule has 0 unspecified atom stereocenters. The van der Waals surface area contributed by atoms with Crippen LogP contribution in [-0.2, 0) is 4.43 Å². The van der Waals surface area contributed by atoms with Crippen LogP contribution in [0.15, 0.2) is 12.7 Å². The minimum atomic E-state index is -2.07. The van der Waals surface area contributed by atoms with E-state index in [0.29, 0.717) is 23.2 Å². The molecule has 3 saturated carbocycles. The molecule has 3 aliphatic rings. The molecule has 0 aromatic rings. The highest BCUT2D eigenvalue weighted by molar-refractivity contribution is 6.77. The number of aliphatic hydroxyl groups excluding tert-OH is 2. The van der Waals surface area contributed by atoms with Crippen LogP contribution < -0.4 is 0 Å². The molecule has 4 nitrogen and oxygen atoms in total. The zero-order valence-corrected chi connectivity index (χ0v) is 22.2. The van der Waals surface area contributed by atoms with Crippen molar-refractivity contribution in [1.29, 1.82) is 0 Å². The lowest BCUT2D eigenvalue weighted by atomic mass is 9.64. The first kappa shape index (κ1) is 25.4. The Bertz CT molecular complexity index is 647. The maximum atomic E-state index is 11.9. The van der Waals surface area contributed by atoms with E-state index >= 15 is 0 Å². The maximum Gasteiger partial charge on any atom is 0.200 e. The number of aliphatic hydroxyl groups is 3. The van der Waals surface area contributed by atoms with E-state index in [4.69, 9.17) is 4.43 Å². The highest BCUT2D eigenvalue weighted by atomic mass is 28.4. The summed E-state index contributed by atoms with van der Waals surface area (Å²) in [7, 11) is -2.07. The van der Waals surface area contributed by atoms with Crippen molar-refractivity contribution in [2.75, 3.05) is 6.61 Å². The average Bonchev–Trinajstić information content (AvgIpc) is 3.24. The van der Waals surface area contributed by atoms with Gasteiger partial charge in [0.25, 0.3) is 0 Å². The quantitative estimate of drug-likeness (QED) is 0.346. The van der Waals surface area contributed by atoms with E-state index < -0.39 is 31.5 Å². The number of rotatable bonds is 8. The average molecular weight is 453 g/mol. The molecule has 0 saturated heterocycles. The SMILES string of the molecule is C=C[C@H]1[C@H]2CC[C@]1(CO[Si](C(C)C)(C(C)C)C(C)C)[C@H](O)[C@@]21CC[C@H](C(C)(C)O)[C@@H]1O. The Morgan fingerprint density at radius 2 is 1.58 bits per heavy atom. The Labute approximate surface area is 191 Å². The molecule has 0 amide bonds. The fourth-order valence-electron chi connectivity index (χ4n) is 8.77. The van der Waals surface area contributed by atoms with Gasteiger partial charge in [-0.2, -0.15) is 0 Å².